The molecule has 0 saturated carbocycles. The number of fused-ring (bicyclic) bond motifs is 1. The van der Waals surface area contributed by atoms with E-state index in [9.17, 15) is 0 Å². The van der Waals surface area contributed by atoms with Crippen LogP contribution in [0.3, 0.4) is 0 Å². The van der Waals surface area contributed by atoms with Gasteiger partial charge in [0.15, 0.2) is 0 Å². The van der Waals surface area contributed by atoms with E-state index in [-0.39, 0.29) is 0 Å². The Morgan fingerprint density at radius 3 is 2.67 bits per heavy atom. The SMILES string of the molecule is COc1ccc2c(c1)NC(c1ccc(Br)cc1)C2. The Bertz CT molecular complexity index is 565. The van der Waals surface area contributed by atoms with Crippen LogP contribution in [0.4, 0.5) is 5.69 Å². The Morgan fingerprint density at radius 1 is 1.17 bits per heavy atom. The van der Waals surface area contributed by atoms with Crippen molar-refractivity contribution in [3.8, 4) is 5.75 Å². The predicted octanol–water partition coefficient (Wildman–Crippen LogP) is 4.17. The Balaban J connectivity index is 1.86. The van der Waals surface area contributed by atoms with Crippen LogP contribution in [0.25, 0.3) is 0 Å². The molecule has 92 valence electrons. The van der Waals surface area contributed by atoms with Gasteiger partial charge in [0.2, 0.25) is 0 Å². The molecule has 1 heterocycles. The topological polar surface area (TPSA) is 21.3 Å². The van der Waals surface area contributed by atoms with Crippen molar-refractivity contribution < 1.29 is 4.74 Å². The first kappa shape index (κ1) is 11.6. The van der Waals surface area contributed by atoms with E-state index in [1.807, 2.05) is 6.07 Å². The maximum Gasteiger partial charge on any atom is 0.120 e. The third kappa shape index (κ3) is 2.10. The first-order valence-electron chi connectivity index (χ1n) is 5.95. The van der Waals surface area contributed by atoms with Gasteiger partial charge in [-0.2, -0.15) is 0 Å². The molecular formula is C15H14BrNO. The van der Waals surface area contributed by atoms with Gasteiger partial charge in [-0.05, 0) is 35.7 Å². The molecule has 3 heteroatoms. The molecule has 0 spiro atoms. The largest absolute Gasteiger partial charge is 0.497 e. The van der Waals surface area contributed by atoms with E-state index in [2.05, 4.69) is 57.6 Å². The normalized spacial score (nSPS) is 17.1. The van der Waals surface area contributed by atoms with Crippen molar-refractivity contribution >= 4 is 21.6 Å². The summed E-state index contributed by atoms with van der Waals surface area (Å²) in [5, 5.41) is 3.55. The number of hydrogen-bond acceptors (Lipinski definition) is 2. The second-order valence-corrected chi connectivity index (χ2v) is 5.39. The number of anilines is 1. The van der Waals surface area contributed by atoms with Gasteiger partial charge in [0.05, 0.1) is 13.2 Å². The predicted molar refractivity (Wildman–Crippen MR) is 77.2 cm³/mol. The standard InChI is InChI=1S/C15H14BrNO/c1-18-13-7-4-11-8-14(17-15(11)9-13)10-2-5-12(16)6-3-10/h2-7,9,14,17H,8H2,1H3. The first-order valence-corrected chi connectivity index (χ1v) is 6.74. The van der Waals surface area contributed by atoms with Crippen LogP contribution < -0.4 is 10.1 Å². The lowest BCUT2D eigenvalue weighted by Gasteiger charge is -2.11. The molecule has 1 aliphatic heterocycles. The van der Waals surface area contributed by atoms with E-state index in [1.165, 1.54) is 16.8 Å². The summed E-state index contributed by atoms with van der Waals surface area (Å²) in [5.74, 6) is 0.901. The minimum atomic E-state index is 0.361. The summed E-state index contributed by atoms with van der Waals surface area (Å²) in [7, 11) is 1.70. The molecule has 0 amide bonds. The Morgan fingerprint density at radius 2 is 1.94 bits per heavy atom. The van der Waals surface area contributed by atoms with Crippen molar-refractivity contribution in [1.82, 2.24) is 0 Å². The van der Waals surface area contributed by atoms with Gasteiger partial charge in [-0.1, -0.05) is 34.1 Å². The van der Waals surface area contributed by atoms with Crippen LogP contribution in [0.5, 0.6) is 5.75 Å². The molecule has 0 aliphatic carbocycles. The number of hydrogen-bond donors (Lipinski definition) is 1. The van der Waals surface area contributed by atoms with Crippen LogP contribution in [0.1, 0.15) is 17.2 Å². The van der Waals surface area contributed by atoms with Crippen LogP contribution in [-0.2, 0) is 6.42 Å². The van der Waals surface area contributed by atoms with Crippen LogP contribution in [0.2, 0.25) is 0 Å². The van der Waals surface area contributed by atoms with Crippen molar-refractivity contribution in [3.63, 3.8) is 0 Å². The fourth-order valence-corrected chi connectivity index (χ4v) is 2.61. The Labute approximate surface area is 115 Å². The molecule has 3 rings (SSSR count). The van der Waals surface area contributed by atoms with Gasteiger partial charge < -0.3 is 10.1 Å². The summed E-state index contributed by atoms with van der Waals surface area (Å²) in [6, 6.07) is 15.1. The number of nitrogens with one attached hydrogen (secondary N) is 1. The molecular weight excluding hydrogens is 290 g/mol. The van der Waals surface area contributed by atoms with E-state index in [0.29, 0.717) is 6.04 Å². The van der Waals surface area contributed by atoms with Gasteiger partial charge in [-0.15, -0.1) is 0 Å². The van der Waals surface area contributed by atoms with Gasteiger partial charge in [-0.25, -0.2) is 0 Å². The maximum absolute atomic E-state index is 5.25. The highest BCUT2D eigenvalue weighted by Crippen LogP contribution is 2.36. The van der Waals surface area contributed by atoms with Gasteiger partial charge in [0, 0.05) is 16.2 Å². The molecule has 2 nitrogen and oxygen atoms in total. The zero-order valence-corrected chi connectivity index (χ0v) is 11.7. The number of ether oxygens (including phenoxy) is 1. The summed E-state index contributed by atoms with van der Waals surface area (Å²) in [4.78, 5) is 0. The summed E-state index contributed by atoms with van der Waals surface area (Å²) in [6.45, 7) is 0. The average molecular weight is 304 g/mol. The molecule has 1 aliphatic rings. The van der Waals surface area contributed by atoms with Crippen molar-refractivity contribution in [2.24, 2.45) is 0 Å². The van der Waals surface area contributed by atoms with E-state index in [4.69, 9.17) is 4.74 Å². The van der Waals surface area contributed by atoms with Crippen LogP contribution in [0, 0.1) is 0 Å². The molecule has 2 aromatic carbocycles. The highest BCUT2D eigenvalue weighted by atomic mass is 79.9. The third-order valence-corrected chi connectivity index (χ3v) is 3.87. The molecule has 1 unspecified atom stereocenters. The first-order chi connectivity index (χ1) is 8.76. The lowest BCUT2D eigenvalue weighted by molar-refractivity contribution is 0.415. The van der Waals surface area contributed by atoms with Crippen molar-refractivity contribution in [3.05, 3.63) is 58.1 Å². The maximum atomic E-state index is 5.25. The number of benzene rings is 2. The van der Waals surface area contributed by atoms with E-state index >= 15 is 0 Å². The molecule has 0 saturated heterocycles. The molecule has 1 N–H and O–H groups in total. The van der Waals surface area contributed by atoms with E-state index in [1.54, 1.807) is 7.11 Å². The average Bonchev–Trinajstić information content (AvgIpc) is 2.82. The summed E-state index contributed by atoms with van der Waals surface area (Å²) in [5.41, 5.74) is 3.85. The van der Waals surface area contributed by atoms with Crippen LogP contribution >= 0.6 is 15.9 Å². The molecule has 0 aromatic heterocycles. The molecule has 0 fully saturated rings. The number of halogens is 1. The molecule has 0 radical (unpaired) electrons. The lowest BCUT2D eigenvalue weighted by Crippen LogP contribution is -2.05. The summed E-state index contributed by atoms with van der Waals surface area (Å²) in [6.07, 6.45) is 1.03. The van der Waals surface area contributed by atoms with Gasteiger partial charge in [0.1, 0.15) is 5.75 Å². The third-order valence-electron chi connectivity index (χ3n) is 3.34. The van der Waals surface area contributed by atoms with Crippen LogP contribution in [-0.4, -0.2) is 7.11 Å². The second-order valence-electron chi connectivity index (χ2n) is 4.48. The molecule has 0 bridgehead atoms. The lowest BCUT2D eigenvalue weighted by atomic mass is 10.0. The molecule has 1 atom stereocenters. The van der Waals surface area contributed by atoms with Gasteiger partial charge in [-0.3, -0.25) is 0 Å². The zero-order chi connectivity index (χ0) is 12.5. The number of rotatable bonds is 2. The van der Waals surface area contributed by atoms with Gasteiger partial charge in [0.25, 0.3) is 0 Å². The minimum absolute atomic E-state index is 0.361. The summed E-state index contributed by atoms with van der Waals surface area (Å²) < 4.78 is 6.36. The van der Waals surface area contributed by atoms with Crippen molar-refractivity contribution in [2.75, 3.05) is 12.4 Å². The van der Waals surface area contributed by atoms with E-state index < -0.39 is 0 Å². The second kappa shape index (κ2) is 4.65. The highest BCUT2D eigenvalue weighted by molar-refractivity contribution is 9.10. The van der Waals surface area contributed by atoms with Crippen LogP contribution in [0.15, 0.2) is 46.9 Å². The van der Waals surface area contributed by atoms with E-state index in [0.717, 1.165) is 16.6 Å². The summed E-state index contributed by atoms with van der Waals surface area (Å²) >= 11 is 3.46. The minimum Gasteiger partial charge on any atom is -0.497 e. The number of methoxy groups -OCH3 is 1. The Kier molecular flexibility index (Phi) is 3.00. The Hall–Kier alpha value is -1.48. The fraction of sp³-hybridized carbons (Fsp3) is 0.200. The molecule has 18 heavy (non-hydrogen) atoms. The van der Waals surface area contributed by atoms with Gasteiger partial charge >= 0.3 is 0 Å². The smallest absolute Gasteiger partial charge is 0.120 e. The molecule has 2 aromatic rings. The van der Waals surface area contributed by atoms with Crippen molar-refractivity contribution in [1.29, 1.82) is 0 Å². The quantitative estimate of drug-likeness (QED) is 0.899. The zero-order valence-electron chi connectivity index (χ0n) is 10.1. The highest BCUT2D eigenvalue weighted by Gasteiger charge is 2.22. The monoisotopic (exact) mass is 303 g/mol. The fourth-order valence-electron chi connectivity index (χ4n) is 2.35. The van der Waals surface area contributed by atoms with Crippen molar-refractivity contribution in [2.45, 2.75) is 12.5 Å².